The molecule has 1 heterocycles. The van der Waals surface area contributed by atoms with Gasteiger partial charge in [0.15, 0.2) is 0 Å². The van der Waals surface area contributed by atoms with Gasteiger partial charge in [-0.2, -0.15) is 0 Å². The van der Waals surface area contributed by atoms with E-state index in [9.17, 15) is 9.90 Å². The normalized spacial score (nSPS) is 21.0. The summed E-state index contributed by atoms with van der Waals surface area (Å²) < 4.78 is 5.25. The van der Waals surface area contributed by atoms with Gasteiger partial charge in [-0.3, -0.25) is 4.79 Å². The summed E-state index contributed by atoms with van der Waals surface area (Å²) in [5.74, 6) is 0.945. The van der Waals surface area contributed by atoms with E-state index < -0.39 is 0 Å². The van der Waals surface area contributed by atoms with Crippen LogP contribution < -0.4 is 0 Å². The average Bonchev–Trinajstić information content (AvgIpc) is 2.59. The molecule has 0 aromatic heterocycles. The van der Waals surface area contributed by atoms with Crippen molar-refractivity contribution in [3.05, 3.63) is 0 Å². The van der Waals surface area contributed by atoms with Crippen molar-refractivity contribution in [2.75, 3.05) is 5.75 Å². The number of unbranched alkanes of at least 4 members (excludes halogenated alkanes) is 10. The number of thioether (sulfide) groups is 1. The van der Waals surface area contributed by atoms with Crippen molar-refractivity contribution < 1.29 is 14.6 Å². The first-order valence-electron chi connectivity index (χ1n) is 10.7. The van der Waals surface area contributed by atoms with Crippen LogP contribution in [0.5, 0.6) is 0 Å². The first-order valence-corrected chi connectivity index (χ1v) is 11.7. The number of carbonyl (C=O) groups excluding carboxylic acids is 1. The number of ether oxygens (including phenoxy) is 1. The summed E-state index contributed by atoms with van der Waals surface area (Å²) in [5, 5.41) is 10.2. The lowest BCUT2D eigenvalue weighted by Gasteiger charge is -2.35. The molecular weight excluding hydrogens is 332 g/mol. The van der Waals surface area contributed by atoms with Crippen LogP contribution in [0.15, 0.2) is 0 Å². The third-order valence-corrected chi connectivity index (χ3v) is 6.41. The molecule has 0 aliphatic carbocycles. The topological polar surface area (TPSA) is 46.5 Å². The van der Waals surface area contributed by atoms with Gasteiger partial charge in [0.25, 0.3) is 0 Å². The number of aliphatic hydroxyl groups is 1. The molecular formula is C21H40O3S. The number of aliphatic hydroxyl groups excluding tert-OH is 1. The Kier molecular flexibility index (Phi) is 13.6. The zero-order chi connectivity index (χ0) is 18.3. The quantitative estimate of drug-likeness (QED) is 0.256. The van der Waals surface area contributed by atoms with Crippen LogP contribution in [0.25, 0.3) is 0 Å². The molecule has 3 nitrogen and oxygen atoms in total. The Morgan fingerprint density at radius 3 is 2.08 bits per heavy atom. The van der Waals surface area contributed by atoms with Crippen LogP contribution in [0, 0.1) is 0 Å². The summed E-state index contributed by atoms with van der Waals surface area (Å²) in [6.45, 7) is 4.44. The van der Waals surface area contributed by atoms with Crippen LogP contribution in [0.2, 0.25) is 0 Å². The Bertz CT molecular complexity index is 335. The minimum absolute atomic E-state index is 0.0328. The standard InChI is InChI=1S/C21H40O3S/c1-3-5-7-8-9-10-11-12-13-15-18(22)17-19-20(21(23)24-19)25-16-14-6-4-2/h18-20,22H,3-17H2,1-2H3/t18-,19-,20-/m1/s1. The van der Waals surface area contributed by atoms with Crippen molar-refractivity contribution in [2.45, 2.75) is 121 Å². The number of carbonyl (C=O) groups is 1. The Morgan fingerprint density at radius 1 is 0.920 bits per heavy atom. The first-order chi connectivity index (χ1) is 12.2. The minimum Gasteiger partial charge on any atom is -0.460 e. The molecule has 1 aliphatic rings. The van der Waals surface area contributed by atoms with Gasteiger partial charge in [0.05, 0.1) is 6.10 Å². The second kappa shape index (κ2) is 14.9. The molecule has 0 unspecified atom stereocenters. The van der Waals surface area contributed by atoms with Crippen LogP contribution in [0.3, 0.4) is 0 Å². The molecule has 0 saturated carbocycles. The molecule has 0 amide bonds. The highest BCUT2D eigenvalue weighted by Gasteiger charge is 2.43. The summed E-state index contributed by atoms with van der Waals surface area (Å²) >= 11 is 1.72. The van der Waals surface area contributed by atoms with Gasteiger partial charge in [-0.25, -0.2) is 0 Å². The summed E-state index contributed by atoms with van der Waals surface area (Å²) in [6.07, 6.45) is 16.4. The maximum absolute atomic E-state index is 11.6. The van der Waals surface area contributed by atoms with Crippen molar-refractivity contribution in [2.24, 2.45) is 0 Å². The zero-order valence-corrected chi connectivity index (χ0v) is 17.3. The van der Waals surface area contributed by atoms with E-state index in [1.165, 1.54) is 70.6 Å². The second-order valence-corrected chi connectivity index (χ2v) is 8.73. The predicted octanol–water partition coefficient (Wildman–Crippen LogP) is 5.88. The maximum Gasteiger partial charge on any atom is 0.323 e. The van der Waals surface area contributed by atoms with Crippen molar-refractivity contribution in [1.29, 1.82) is 0 Å². The van der Waals surface area contributed by atoms with Crippen LogP contribution in [-0.2, 0) is 9.53 Å². The lowest BCUT2D eigenvalue weighted by Crippen LogP contribution is -2.49. The Hall–Kier alpha value is -0.220. The van der Waals surface area contributed by atoms with E-state index in [0.29, 0.717) is 6.42 Å². The highest BCUT2D eigenvalue weighted by molar-refractivity contribution is 8.00. The molecule has 1 rings (SSSR count). The van der Waals surface area contributed by atoms with E-state index in [1.54, 1.807) is 11.8 Å². The highest BCUT2D eigenvalue weighted by Crippen LogP contribution is 2.32. The van der Waals surface area contributed by atoms with E-state index in [1.807, 2.05) is 0 Å². The zero-order valence-electron chi connectivity index (χ0n) is 16.5. The van der Waals surface area contributed by atoms with Crippen molar-refractivity contribution in [1.82, 2.24) is 0 Å². The first kappa shape index (κ1) is 22.8. The van der Waals surface area contributed by atoms with Gasteiger partial charge < -0.3 is 9.84 Å². The van der Waals surface area contributed by atoms with Gasteiger partial charge in [0.1, 0.15) is 11.4 Å². The molecule has 148 valence electrons. The summed E-state index contributed by atoms with van der Waals surface area (Å²) in [6, 6.07) is 0. The molecule has 0 bridgehead atoms. The van der Waals surface area contributed by atoms with Gasteiger partial charge in [0, 0.05) is 6.42 Å². The number of cyclic esters (lactones) is 1. The fourth-order valence-electron chi connectivity index (χ4n) is 3.34. The van der Waals surface area contributed by atoms with Crippen LogP contribution >= 0.6 is 11.8 Å². The van der Waals surface area contributed by atoms with E-state index in [-0.39, 0.29) is 23.4 Å². The van der Waals surface area contributed by atoms with Crippen LogP contribution in [0.1, 0.15) is 104 Å². The number of hydrogen-bond donors (Lipinski definition) is 1. The molecule has 1 saturated heterocycles. The maximum atomic E-state index is 11.6. The van der Waals surface area contributed by atoms with Crippen LogP contribution in [0.4, 0.5) is 0 Å². The third-order valence-electron chi connectivity index (χ3n) is 5.03. The number of esters is 1. The molecule has 0 aromatic rings. The average molecular weight is 373 g/mol. The Labute approximate surface area is 159 Å². The predicted molar refractivity (Wildman–Crippen MR) is 108 cm³/mol. The summed E-state index contributed by atoms with van der Waals surface area (Å²) in [4.78, 5) is 11.6. The lowest BCUT2D eigenvalue weighted by molar-refractivity contribution is -0.169. The molecule has 1 N–H and O–H groups in total. The van der Waals surface area contributed by atoms with E-state index in [4.69, 9.17) is 4.74 Å². The molecule has 1 fully saturated rings. The SMILES string of the molecule is CCCCCCCCCCC[C@@H](O)C[C@H]1OC(=O)[C@@H]1SCCCCC. The van der Waals surface area contributed by atoms with Crippen molar-refractivity contribution >= 4 is 17.7 Å². The number of hydrogen-bond acceptors (Lipinski definition) is 4. The molecule has 0 aromatic carbocycles. The van der Waals surface area contributed by atoms with E-state index >= 15 is 0 Å². The van der Waals surface area contributed by atoms with Crippen molar-refractivity contribution in [3.8, 4) is 0 Å². The fourth-order valence-corrected chi connectivity index (χ4v) is 4.54. The largest absolute Gasteiger partial charge is 0.460 e. The van der Waals surface area contributed by atoms with E-state index in [0.717, 1.165) is 18.6 Å². The summed E-state index contributed by atoms with van der Waals surface area (Å²) in [7, 11) is 0. The van der Waals surface area contributed by atoms with Crippen LogP contribution in [-0.4, -0.2) is 34.3 Å². The summed E-state index contributed by atoms with van der Waals surface area (Å²) in [5.41, 5.74) is 0. The van der Waals surface area contributed by atoms with Crippen molar-refractivity contribution in [3.63, 3.8) is 0 Å². The van der Waals surface area contributed by atoms with Gasteiger partial charge in [-0.15, -0.1) is 11.8 Å². The van der Waals surface area contributed by atoms with Gasteiger partial charge in [0.2, 0.25) is 0 Å². The highest BCUT2D eigenvalue weighted by atomic mass is 32.2. The lowest BCUT2D eigenvalue weighted by atomic mass is 9.99. The van der Waals surface area contributed by atoms with Gasteiger partial charge >= 0.3 is 5.97 Å². The molecule has 0 radical (unpaired) electrons. The fraction of sp³-hybridized carbons (Fsp3) is 0.952. The Balaban J connectivity index is 1.98. The van der Waals surface area contributed by atoms with Gasteiger partial charge in [-0.05, 0) is 18.6 Å². The van der Waals surface area contributed by atoms with Gasteiger partial charge in [-0.1, -0.05) is 84.5 Å². The molecule has 25 heavy (non-hydrogen) atoms. The molecule has 0 spiro atoms. The Morgan fingerprint density at radius 2 is 1.48 bits per heavy atom. The molecule has 4 heteroatoms. The minimum atomic E-state index is -0.318. The van der Waals surface area contributed by atoms with E-state index in [2.05, 4.69) is 13.8 Å². The smallest absolute Gasteiger partial charge is 0.323 e. The third kappa shape index (κ3) is 10.5. The second-order valence-electron chi connectivity index (χ2n) is 7.48. The number of rotatable bonds is 17. The molecule has 1 aliphatic heterocycles. The monoisotopic (exact) mass is 372 g/mol. The molecule has 3 atom stereocenters.